The Morgan fingerprint density at radius 2 is 1.90 bits per heavy atom. The molecular formula is C6H3Br2IO. The summed E-state index contributed by atoms with van der Waals surface area (Å²) >= 11 is 8.62. The smallest absolute Gasteiger partial charge is 0.131 e. The first-order valence-corrected chi connectivity index (χ1v) is 5.11. The molecule has 1 N–H and O–H groups in total. The van der Waals surface area contributed by atoms with Crippen LogP contribution < -0.4 is 0 Å². The minimum Gasteiger partial charge on any atom is -0.507 e. The topological polar surface area (TPSA) is 20.2 Å². The molecule has 0 aromatic heterocycles. The minimum atomic E-state index is 0.293. The fourth-order valence-corrected chi connectivity index (χ4v) is 2.06. The van der Waals surface area contributed by atoms with Crippen molar-refractivity contribution in [2.24, 2.45) is 0 Å². The van der Waals surface area contributed by atoms with Gasteiger partial charge in [-0.3, -0.25) is 0 Å². The number of hydrogen-bond donors (Lipinski definition) is 1. The van der Waals surface area contributed by atoms with Crippen molar-refractivity contribution in [1.82, 2.24) is 0 Å². The van der Waals surface area contributed by atoms with Gasteiger partial charge in [-0.25, -0.2) is 0 Å². The highest BCUT2D eigenvalue weighted by atomic mass is 127. The van der Waals surface area contributed by atoms with E-state index in [1.807, 2.05) is 6.07 Å². The van der Waals surface area contributed by atoms with Crippen LogP contribution in [0, 0.1) is 3.57 Å². The van der Waals surface area contributed by atoms with Gasteiger partial charge in [0.25, 0.3) is 0 Å². The number of benzene rings is 1. The van der Waals surface area contributed by atoms with Crippen molar-refractivity contribution in [1.29, 1.82) is 0 Å². The fourth-order valence-electron chi connectivity index (χ4n) is 0.542. The van der Waals surface area contributed by atoms with E-state index in [0.29, 0.717) is 5.75 Å². The zero-order valence-electron chi connectivity index (χ0n) is 4.74. The third kappa shape index (κ3) is 1.85. The molecule has 0 bridgehead atoms. The van der Waals surface area contributed by atoms with Crippen molar-refractivity contribution in [2.75, 3.05) is 0 Å². The van der Waals surface area contributed by atoms with Crippen LogP contribution >= 0.6 is 54.5 Å². The number of rotatable bonds is 0. The lowest BCUT2D eigenvalue weighted by Gasteiger charge is -1.99. The van der Waals surface area contributed by atoms with Crippen LogP contribution in [0.5, 0.6) is 5.75 Å². The van der Waals surface area contributed by atoms with Crippen LogP contribution in [0.25, 0.3) is 0 Å². The molecule has 0 aliphatic carbocycles. The zero-order chi connectivity index (χ0) is 7.72. The van der Waals surface area contributed by atoms with Crippen LogP contribution in [0.3, 0.4) is 0 Å². The minimum absolute atomic E-state index is 0.293. The van der Waals surface area contributed by atoms with E-state index in [1.54, 1.807) is 6.07 Å². The van der Waals surface area contributed by atoms with Crippen molar-refractivity contribution < 1.29 is 5.11 Å². The number of hydrogen-bond acceptors (Lipinski definition) is 1. The largest absolute Gasteiger partial charge is 0.507 e. The second-order valence-electron chi connectivity index (χ2n) is 1.72. The molecule has 0 radical (unpaired) electrons. The third-order valence-electron chi connectivity index (χ3n) is 0.974. The third-order valence-corrected chi connectivity index (χ3v) is 3.93. The van der Waals surface area contributed by atoms with Gasteiger partial charge in [0.05, 0.1) is 3.57 Å². The molecule has 0 aliphatic rings. The van der Waals surface area contributed by atoms with Crippen LogP contribution in [0.4, 0.5) is 0 Å². The lowest BCUT2D eigenvalue weighted by molar-refractivity contribution is 0.470. The van der Waals surface area contributed by atoms with E-state index in [1.165, 1.54) is 0 Å². The van der Waals surface area contributed by atoms with Crippen molar-refractivity contribution in [3.8, 4) is 5.75 Å². The molecule has 0 amide bonds. The Balaban J connectivity index is 3.31. The quantitative estimate of drug-likeness (QED) is 0.542. The predicted molar refractivity (Wildman–Crippen MR) is 56.2 cm³/mol. The highest BCUT2D eigenvalue weighted by Crippen LogP contribution is 2.31. The predicted octanol–water partition coefficient (Wildman–Crippen LogP) is 3.52. The Morgan fingerprint density at radius 3 is 2.40 bits per heavy atom. The Hall–Kier alpha value is 0.710. The van der Waals surface area contributed by atoms with Crippen molar-refractivity contribution >= 4 is 54.5 Å². The lowest BCUT2D eigenvalue weighted by atomic mass is 10.3. The maximum atomic E-state index is 9.21. The van der Waals surface area contributed by atoms with Crippen molar-refractivity contribution in [3.63, 3.8) is 0 Å². The highest BCUT2D eigenvalue weighted by Gasteiger charge is 2.02. The average molecular weight is 378 g/mol. The van der Waals surface area contributed by atoms with E-state index >= 15 is 0 Å². The zero-order valence-corrected chi connectivity index (χ0v) is 10.1. The first-order valence-electron chi connectivity index (χ1n) is 2.45. The molecule has 0 unspecified atom stereocenters. The van der Waals surface area contributed by atoms with Gasteiger partial charge >= 0.3 is 0 Å². The van der Waals surface area contributed by atoms with E-state index in [9.17, 15) is 5.11 Å². The molecule has 1 rings (SSSR count). The molecule has 0 atom stereocenters. The molecule has 4 heteroatoms. The Kier molecular flexibility index (Phi) is 3.00. The van der Waals surface area contributed by atoms with Crippen LogP contribution in [0.1, 0.15) is 0 Å². The van der Waals surface area contributed by atoms with Gasteiger partial charge in [0.2, 0.25) is 0 Å². The SMILES string of the molecule is Oc1cc(Br)cc(Br)c1I. The summed E-state index contributed by atoms with van der Waals surface area (Å²) in [5.41, 5.74) is 0. The molecule has 0 saturated carbocycles. The van der Waals surface area contributed by atoms with Crippen LogP contribution in [-0.4, -0.2) is 5.11 Å². The molecule has 1 aromatic carbocycles. The summed E-state index contributed by atoms with van der Waals surface area (Å²) in [5.74, 6) is 0.293. The molecule has 0 aliphatic heterocycles. The molecule has 1 aromatic rings. The summed E-state index contributed by atoms with van der Waals surface area (Å²) in [6.07, 6.45) is 0. The van der Waals surface area contributed by atoms with Gasteiger partial charge in [0, 0.05) is 8.95 Å². The number of aromatic hydroxyl groups is 1. The number of phenols is 1. The first kappa shape index (κ1) is 8.80. The van der Waals surface area contributed by atoms with Gasteiger partial charge in [-0.1, -0.05) is 15.9 Å². The number of halogens is 3. The van der Waals surface area contributed by atoms with Gasteiger partial charge in [0.1, 0.15) is 5.75 Å². The standard InChI is InChI=1S/C6H3Br2IO/c7-3-1-4(8)6(9)5(10)2-3/h1-2,10H. The Labute approximate surface area is 89.2 Å². The van der Waals surface area contributed by atoms with E-state index in [0.717, 1.165) is 12.5 Å². The molecular weight excluding hydrogens is 375 g/mol. The summed E-state index contributed by atoms with van der Waals surface area (Å²) in [6, 6.07) is 3.55. The van der Waals surface area contributed by atoms with Gasteiger partial charge < -0.3 is 5.11 Å². The van der Waals surface area contributed by atoms with E-state index in [-0.39, 0.29) is 0 Å². The molecule has 0 fully saturated rings. The molecule has 0 saturated heterocycles. The monoisotopic (exact) mass is 376 g/mol. The highest BCUT2D eigenvalue weighted by molar-refractivity contribution is 14.1. The lowest BCUT2D eigenvalue weighted by Crippen LogP contribution is -1.75. The van der Waals surface area contributed by atoms with E-state index < -0.39 is 0 Å². The van der Waals surface area contributed by atoms with Crippen LogP contribution in [0.15, 0.2) is 21.1 Å². The molecule has 0 spiro atoms. The summed E-state index contributed by atoms with van der Waals surface area (Å²) in [7, 11) is 0. The van der Waals surface area contributed by atoms with Gasteiger partial charge in [-0.2, -0.15) is 0 Å². The van der Waals surface area contributed by atoms with Crippen molar-refractivity contribution in [2.45, 2.75) is 0 Å². The van der Waals surface area contributed by atoms with Crippen LogP contribution in [-0.2, 0) is 0 Å². The van der Waals surface area contributed by atoms with Gasteiger partial charge in [-0.05, 0) is 50.7 Å². The summed E-state index contributed by atoms with van der Waals surface area (Å²) in [6.45, 7) is 0. The molecule has 10 heavy (non-hydrogen) atoms. The summed E-state index contributed by atoms with van der Waals surface area (Å²) in [4.78, 5) is 0. The maximum Gasteiger partial charge on any atom is 0.131 e. The Morgan fingerprint density at radius 1 is 1.30 bits per heavy atom. The van der Waals surface area contributed by atoms with E-state index in [2.05, 4.69) is 54.5 Å². The second kappa shape index (κ2) is 3.40. The maximum absolute atomic E-state index is 9.21. The molecule has 0 heterocycles. The van der Waals surface area contributed by atoms with Crippen LogP contribution in [0.2, 0.25) is 0 Å². The Bertz CT molecular complexity index is 239. The second-order valence-corrected chi connectivity index (χ2v) is 4.57. The molecule has 1 nitrogen and oxygen atoms in total. The molecule has 54 valence electrons. The summed E-state index contributed by atoms with van der Waals surface area (Å²) < 4.78 is 2.61. The van der Waals surface area contributed by atoms with E-state index in [4.69, 9.17) is 0 Å². The fraction of sp³-hybridized carbons (Fsp3) is 0. The van der Waals surface area contributed by atoms with Gasteiger partial charge in [-0.15, -0.1) is 0 Å². The number of phenolic OH excluding ortho intramolecular Hbond substituents is 1. The average Bonchev–Trinajstić information content (AvgIpc) is 1.82. The normalized spacial score (nSPS) is 9.90. The van der Waals surface area contributed by atoms with Crippen molar-refractivity contribution in [3.05, 3.63) is 24.6 Å². The summed E-state index contributed by atoms with van der Waals surface area (Å²) in [5, 5.41) is 9.21. The van der Waals surface area contributed by atoms with Gasteiger partial charge in [0.15, 0.2) is 0 Å². The first-order chi connectivity index (χ1) is 4.61.